The van der Waals surface area contributed by atoms with Crippen molar-refractivity contribution >= 4 is 23.2 Å². The number of hydrogen-bond donors (Lipinski definition) is 1. The zero-order valence-electron chi connectivity index (χ0n) is 15.5. The first kappa shape index (κ1) is 18.2. The van der Waals surface area contributed by atoms with Crippen LogP contribution >= 0.6 is 11.3 Å². The number of carbonyl (C=O) groups is 2. The highest BCUT2D eigenvalue weighted by Gasteiger charge is 2.60. The second kappa shape index (κ2) is 7.42. The van der Waals surface area contributed by atoms with Gasteiger partial charge in [-0.05, 0) is 31.7 Å². The van der Waals surface area contributed by atoms with Crippen LogP contribution < -0.4 is 5.32 Å². The summed E-state index contributed by atoms with van der Waals surface area (Å²) in [5.74, 6) is 0.142. The van der Waals surface area contributed by atoms with E-state index in [9.17, 15) is 9.59 Å². The molecule has 0 aliphatic carbocycles. The third kappa shape index (κ3) is 3.38. The van der Waals surface area contributed by atoms with Crippen LogP contribution in [0.1, 0.15) is 38.3 Å². The predicted octanol–water partition coefficient (Wildman–Crippen LogP) is 1.86. The number of aromatic nitrogens is 3. The van der Waals surface area contributed by atoms with Crippen molar-refractivity contribution in [2.45, 2.75) is 57.7 Å². The van der Waals surface area contributed by atoms with E-state index in [2.05, 4.69) is 15.4 Å². The molecule has 8 heteroatoms. The zero-order valence-corrected chi connectivity index (χ0v) is 16.3. The minimum Gasteiger partial charge on any atom is -0.355 e. The van der Waals surface area contributed by atoms with E-state index < -0.39 is 5.41 Å². The van der Waals surface area contributed by atoms with Gasteiger partial charge in [-0.1, -0.05) is 0 Å². The summed E-state index contributed by atoms with van der Waals surface area (Å²) in [6.07, 6.45) is 7.74. The van der Waals surface area contributed by atoms with Crippen molar-refractivity contribution in [3.63, 3.8) is 0 Å². The van der Waals surface area contributed by atoms with Gasteiger partial charge in [0.2, 0.25) is 11.8 Å². The molecule has 27 heavy (non-hydrogen) atoms. The highest BCUT2D eigenvalue weighted by atomic mass is 32.1. The number of nitrogens with zero attached hydrogens (tertiary/aromatic N) is 4. The molecule has 2 amide bonds. The Morgan fingerprint density at radius 3 is 2.96 bits per heavy atom. The fourth-order valence-corrected chi connectivity index (χ4v) is 5.43. The lowest BCUT2D eigenvalue weighted by Crippen LogP contribution is -2.51. The number of aryl methyl sites for hydroxylation is 1. The van der Waals surface area contributed by atoms with E-state index in [1.807, 2.05) is 27.2 Å². The number of hydrogen-bond acceptors (Lipinski definition) is 5. The number of fused-ring (bicyclic) bond motifs is 2. The predicted molar refractivity (Wildman–Crippen MR) is 102 cm³/mol. The van der Waals surface area contributed by atoms with Crippen molar-refractivity contribution in [1.82, 2.24) is 25.0 Å². The Kier molecular flexibility index (Phi) is 4.99. The minimum absolute atomic E-state index is 0.0205. The SMILES string of the molecule is CC(=O)N1[C@@H]2CC[C@H]1[C@@](Cc1cscn1)(C(=O)NCCCn1cccn1)C2. The van der Waals surface area contributed by atoms with E-state index in [0.29, 0.717) is 13.0 Å². The van der Waals surface area contributed by atoms with Gasteiger partial charge < -0.3 is 10.2 Å². The number of amides is 2. The van der Waals surface area contributed by atoms with Crippen LogP contribution in [0.4, 0.5) is 0 Å². The maximum atomic E-state index is 13.3. The Morgan fingerprint density at radius 1 is 1.41 bits per heavy atom. The average molecular weight is 388 g/mol. The van der Waals surface area contributed by atoms with Gasteiger partial charge in [0.05, 0.1) is 16.6 Å². The average Bonchev–Trinajstić information content (AvgIpc) is 3.42. The third-order valence-electron chi connectivity index (χ3n) is 5.94. The second-order valence-electron chi connectivity index (χ2n) is 7.57. The van der Waals surface area contributed by atoms with Crippen LogP contribution in [0, 0.1) is 5.41 Å². The number of rotatable bonds is 7. The highest BCUT2D eigenvalue weighted by molar-refractivity contribution is 7.07. The molecule has 0 unspecified atom stereocenters. The van der Waals surface area contributed by atoms with Crippen LogP contribution in [0.2, 0.25) is 0 Å². The van der Waals surface area contributed by atoms with Gasteiger partial charge >= 0.3 is 0 Å². The standard InChI is InChI=1S/C19H25N5O2S/c1-14(25)24-16-4-5-17(24)19(11-16,10-15-12-27-13-21-15)18(26)20-6-2-8-23-9-3-7-22-23/h3,7,9,12-13,16-17H,2,4-6,8,10-11H2,1H3,(H,20,26)/t16-,17+,19+/m1/s1. The Morgan fingerprint density at radius 2 is 2.30 bits per heavy atom. The first-order chi connectivity index (χ1) is 13.1. The summed E-state index contributed by atoms with van der Waals surface area (Å²) in [6.45, 7) is 3.00. The molecule has 2 aromatic rings. The summed E-state index contributed by atoms with van der Waals surface area (Å²) < 4.78 is 1.87. The van der Waals surface area contributed by atoms with Gasteiger partial charge in [-0.25, -0.2) is 4.98 Å². The van der Waals surface area contributed by atoms with E-state index in [1.165, 1.54) is 0 Å². The summed E-state index contributed by atoms with van der Waals surface area (Å²) >= 11 is 1.55. The maximum absolute atomic E-state index is 13.3. The molecule has 2 fully saturated rings. The minimum atomic E-state index is -0.561. The molecular weight excluding hydrogens is 362 g/mol. The van der Waals surface area contributed by atoms with Crippen molar-refractivity contribution in [2.24, 2.45) is 5.41 Å². The number of carbonyl (C=O) groups excluding carboxylic acids is 2. The Labute approximate surface area is 162 Å². The summed E-state index contributed by atoms with van der Waals surface area (Å²) in [5.41, 5.74) is 2.19. The Balaban J connectivity index is 1.47. The molecule has 2 aliphatic rings. The van der Waals surface area contributed by atoms with E-state index in [4.69, 9.17) is 0 Å². The van der Waals surface area contributed by atoms with Crippen molar-refractivity contribution in [3.05, 3.63) is 35.0 Å². The molecule has 2 aliphatic heterocycles. The van der Waals surface area contributed by atoms with Gasteiger partial charge in [0, 0.05) is 56.3 Å². The smallest absolute Gasteiger partial charge is 0.228 e. The van der Waals surface area contributed by atoms with Crippen LogP contribution in [-0.4, -0.2) is 50.1 Å². The van der Waals surface area contributed by atoms with Crippen LogP contribution in [0.25, 0.3) is 0 Å². The van der Waals surface area contributed by atoms with Crippen LogP contribution in [0.15, 0.2) is 29.4 Å². The molecule has 0 aromatic carbocycles. The van der Waals surface area contributed by atoms with Crippen LogP contribution in [0.3, 0.4) is 0 Å². The molecule has 2 bridgehead atoms. The van der Waals surface area contributed by atoms with Crippen molar-refractivity contribution in [3.8, 4) is 0 Å². The molecule has 4 heterocycles. The second-order valence-corrected chi connectivity index (χ2v) is 8.29. The highest BCUT2D eigenvalue weighted by Crippen LogP contribution is 2.51. The normalized spacial score (nSPS) is 26.5. The Hall–Kier alpha value is -2.22. The summed E-state index contributed by atoms with van der Waals surface area (Å²) in [6, 6.07) is 2.06. The van der Waals surface area contributed by atoms with E-state index in [1.54, 1.807) is 30.0 Å². The quantitative estimate of drug-likeness (QED) is 0.736. The van der Waals surface area contributed by atoms with Crippen LogP contribution in [0.5, 0.6) is 0 Å². The van der Waals surface area contributed by atoms with Crippen molar-refractivity contribution in [2.75, 3.05) is 6.54 Å². The van der Waals surface area contributed by atoms with E-state index in [-0.39, 0.29) is 23.9 Å². The molecule has 7 nitrogen and oxygen atoms in total. The fourth-order valence-electron chi connectivity index (χ4n) is 4.87. The lowest BCUT2D eigenvalue weighted by Gasteiger charge is -2.35. The van der Waals surface area contributed by atoms with E-state index >= 15 is 0 Å². The molecule has 0 spiro atoms. The molecule has 144 valence electrons. The monoisotopic (exact) mass is 387 g/mol. The first-order valence-corrected chi connectivity index (χ1v) is 10.5. The van der Waals surface area contributed by atoms with Crippen LogP contribution in [-0.2, 0) is 22.6 Å². The largest absolute Gasteiger partial charge is 0.355 e. The number of nitrogens with one attached hydrogen (secondary N) is 1. The van der Waals surface area contributed by atoms with Gasteiger partial charge in [-0.2, -0.15) is 5.10 Å². The summed E-state index contributed by atoms with van der Waals surface area (Å²) in [5, 5.41) is 9.34. The summed E-state index contributed by atoms with van der Waals surface area (Å²) in [7, 11) is 0. The zero-order chi connectivity index (χ0) is 18.9. The maximum Gasteiger partial charge on any atom is 0.228 e. The molecule has 3 atom stereocenters. The first-order valence-electron chi connectivity index (χ1n) is 9.52. The van der Waals surface area contributed by atoms with Gasteiger partial charge in [0.25, 0.3) is 0 Å². The topological polar surface area (TPSA) is 80.1 Å². The van der Waals surface area contributed by atoms with Gasteiger partial charge in [-0.15, -0.1) is 11.3 Å². The van der Waals surface area contributed by atoms with Gasteiger partial charge in [-0.3, -0.25) is 14.3 Å². The number of thiazole rings is 1. The Bertz CT molecular complexity index is 791. The van der Waals surface area contributed by atoms with Crippen molar-refractivity contribution in [1.29, 1.82) is 0 Å². The van der Waals surface area contributed by atoms with Crippen molar-refractivity contribution < 1.29 is 9.59 Å². The lowest BCUT2D eigenvalue weighted by atomic mass is 9.70. The molecule has 0 saturated carbocycles. The molecule has 2 aromatic heterocycles. The van der Waals surface area contributed by atoms with E-state index in [0.717, 1.165) is 37.9 Å². The molecule has 4 rings (SSSR count). The van der Waals surface area contributed by atoms with Gasteiger partial charge in [0.1, 0.15) is 0 Å². The van der Waals surface area contributed by atoms with Gasteiger partial charge in [0.15, 0.2) is 0 Å². The molecule has 0 radical (unpaired) electrons. The third-order valence-corrected chi connectivity index (χ3v) is 6.58. The molecule has 1 N–H and O–H groups in total. The lowest BCUT2D eigenvalue weighted by molar-refractivity contribution is -0.135. The fraction of sp³-hybridized carbons (Fsp3) is 0.579. The molecule has 2 saturated heterocycles. The molecular formula is C19H25N5O2S. The summed E-state index contributed by atoms with van der Waals surface area (Å²) in [4.78, 5) is 31.9.